The minimum Gasteiger partial charge on any atom is -0.342 e. The van der Waals surface area contributed by atoms with Crippen molar-refractivity contribution < 1.29 is 4.79 Å². The second-order valence-corrected chi connectivity index (χ2v) is 5.16. The van der Waals surface area contributed by atoms with Crippen LogP contribution in [0, 0.1) is 5.92 Å². The number of aryl methyl sites for hydroxylation is 1. The van der Waals surface area contributed by atoms with Gasteiger partial charge in [0.05, 0.1) is 5.92 Å². The summed E-state index contributed by atoms with van der Waals surface area (Å²) in [5.41, 5.74) is 6.91. The summed E-state index contributed by atoms with van der Waals surface area (Å²) >= 11 is 0. The summed E-state index contributed by atoms with van der Waals surface area (Å²) in [7, 11) is 0. The van der Waals surface area contributed by atoms with E-state index in [2.05, 4.69) is 12.0 Å². The van der Waals surface area contributed by atoms with Crippen molar-refractivity contribution in [2.24, 2.45) is 11.7 Å². The monoisotopic (exact) mass is 264 g/mol. The molecule has 5 nitrogen and oxygen atoms in total. The Kier molecular flexibility index (Phi) is 4.96. The Labute approximate surface area is 114 Å². The van der Waals surface area contributed by atoms with Crippen molar-refractivity contribution in [3.05, 3.63) is 18.0 Å². The average Bonchev–Trinajstić information content (AvgIpc) is 2.92. The van der Waals surface area contributed by atoms with E-state index in [9.17, 15) is 4.79 Å². The third kappa shape index (κ3) is 3.35. The predicted octanol–water partition coefficient (Wildman–Crippen LogP) is 1.03. The van der Waals surface area contributed by atoms with E-state index in [4.69, 9.17) is 5.73 Å². The van der Waals surface area contributed by atoms with Crippen molar-refractivity contribution in [1.82, 2.24) is 14.7 Å². The Morgan fingerprint density at radius 3 is 2.79 bits per heavy atom. The molecule has 1 saturated heterocycles. The lowest BCUT2D eigenvalue weighted by atomic mass is 10.00. The third-order valence-corrected chi connectivity index (χ3v) is 3.86. The molecule has 1 aromatic heterocycles. The first kappa shape index (κ1) is 14.1. The van der Waals surface area contributed by atoms with Crippen LogP contribution in [0.15, 0.2) is 12.3 Å². The van der Waals surface area contributed by atoms with Crippen LogP contribution in [-0.4, -0.2) is 40.2 Å². The van der Waals surface area contributed by atoms with Gasteiger partial charge in [-0.05, 0) is 32.3 Å². The van der Waals surface area contributed by atoms with E-state index in [1.165, 1.54) is 6.42 Å². The zero-order valence-corrected chi connectivity index (χ0v) is 11.7. The average molecular weight is 264 g/mol. The Hall–Kier alpha value is -1.36. The van der Waals surface area contributed by atoms with Crippen LogP contribution in [-0.2, 0) is 17.8 Å². The maximum absolute atomic E-state index is 12.5. The van der Waals surface area contributed by atoms with Crippen LogP contribution in [0.25, 0.3) is 0 Å². The molecule has 1 fully saturated rings. The van der Waals surface area contributed by atoms with Crippen LogP contribution in [0.2, 0.25) is 0 Å². The van der Waals surface area contributed by atoms with Crippen molar-refractivity contribution in [3.8, 4) is 0 Å². The summed E-state index contributed by atoms with van der Waals surface area (Å²) in [5.74, 6) is 0.103. The minimum absolute atomic E-state index is 0.111. The van der Waals surface area contributed by atoms with Crippen LogP contribution >= 0.6 is 0 Å². The molecule has 1 unspecified atom stereocenters. The summed E-state index contributed by atoms with van der Waals surface area (Å²) in [6.07, 6.45) is 5.96. The number of piperidine rings is 1. The fourth-order valence-corrected chi connectivity index (χ4v) is 2.71. The van der Waals surface area contributed by atoms with Gasteiger partial charge in [0, 0.05) is 44.5 Å². The molecule has 0 aromatic carbocycles. The minimum atomic E-state index is -0.111. The van der Waals surface area contributed by atoms with Crippen LogP contribution in [0.3, 0.4) is 0 Å². The van der Waals surface area contributed by atoms with Gasteiger partial charge < -0.3 is 10.6 Å². The number of rotatable bonds is 5. The number of nitrogens with two attached hydrogens (primary N) is 1. The molecule has 0 bridgehead atoms. The molecule has 1 aliphatic heterocycles. The summed E-state index contributed by atoms with van der Waals surface area (Å²) in [5, 5.41) is 4.24. The SMILES string of the molecule is CCn1nccc1CC(CN)C(=O)N1CCCCC1. The van der Waals surface area contributed by atoms with Gasteiger partial charge in [-0.15, -0.1) is 0 Å². The molecule has 1 aromatic rings. The highest BCUT2D eigenvalue weighted by molar-refractivity contribution is 5.79. The van der Waals surface area contributed by atoms with Gasteiger partial charge >= 0.3 is 0 Å². The second-order valence-electron chi connectivity index (χ2n) is 5.16. The first-order valence-corrected chi connectivity index (χ1v) is 7.25. The van der Waals surface area contributed by atoms with Crippen molar-refractivity contribution in [1.29, 1.82) is 0 Å². The highest BCUT2D eigenvalue weighted by atomic mass is 16.2. The molecule has 19 heavy (non-hydrogen) atoms. The lowest BCUT2D eigenvalue weighted by Gasteiger charge is -2.30. The molecule has 106 valence electrons. The van der Waals surface area contributed by atoms with Crippen LogP contribution in [0.5, 0.6) is 0 Å². The fourth-order valence-electron chi connectivity index (χ4n) is 2.71. The fraction of sp³-hybridized carbons (Fsp3) is 0.714. The van der Waals surface area contributed by atoms with Crippen molar-refractivity contribution in [2.45, 2.75) is 39.2 Å². The van der Waals surface area contributed by atoms with Gasteiger partial charge in [-0.1, -0.05) is 0 Å². The topological polar surface area (TPSA) is 64.2 Å². The van der Waals surface area contributed by atoms with E-state index in [1.54, 1.807) is 6.20 Å². The Balaban J connectivity index is 2.01. The number of nitrogens with zero attached hydrogens (tertiary/aromatic N) is 3. The molecule has 2 N–H and O–H groups in total. The number of hydrogen-bond donors (Lipinski definition) is 1. The molecule has 0 aliphatic carbocycles. The largest absolute Gasteiger partial charge is 0.342 e. The highest BCUT2D eigenvalue weighted by Crippen LogP contribution is 2.15. The van der Waals surface area contributed by atoms with Crippen LogP contribution in [0.4, 0.5) is 0 Å². The van der Waals surface area contributed by atoms with E-state index in [0.717, 1.165) is 38.2 Å². The van der Waals surface area contributed by atoms with Gasteiger partial charge in [-0.2, -0.15) is 5.10 Å². The molecule has 1 aliphatic rings. The van der Waals surface area contributed by atoms with E-state index in [-0.39, 0.29) is 11.8 Å². The number of hydrogen-bond acceptors (Lipinski definition) is 3. The lowest BCUT2D eigenvalue weighted by molar-refractivity contribution is -0.136. The lowest BCUT2D eigenvalue weighted by Crippen LogP contribution is -2.42. The molecule has 1 atom stereocenters. The summed E-state index contributed by atoms with van der Waals surface area (Å²) in [6, 6.07) is 1.98. The highest BCUT2D eigenvalue weighted by Gasteiger charge is 2.25. The third-order valence-electron chi connectivity index (χ3n) is 3.86. The first-order valence-electron chi connectivity index (χ1n) is 7.25. The molecule has 2 rings (SSSR count). The quantitative estimate of drug-likeness (QED) is 0.864. The number of aromatic nitrogens is 2. The summed E-state index contributed by atoms with van der Waals surface area (Å²) in [4.78, 5) is 14.5. The molecular weight excluding hydrogens is 240 g/mol. The van der Waals surface area contributed by atoms with Gasteiger partial charge in [-0.25, -0.2) is 0 Å². The number of amides is 1. The molecule has 0 saturated carbocycles. The Morgan fingerprint density at radius 1 is 1.42 bits per heavy atom. The van der Waals surface area contributed by atoms with E-state index in [1.807, 2.05) is 15.6 Å². The van der Waals surface area contributed by atoms with Gasteiger partial charge in [0.15, 0.2) is 0 Å². The molecule has 0 spiro atoms. The molecule has 0 radical (unpaired) electrons. The summed E-state index contributed by atoms with van der Waals surface area (Å²) in [6.45, 7) is 5.08. The maximum Gasteiger partial charge on any atom is 0.227 e. The smallest absolute Gasteiger partial charge is 0.227 e. The van der Waals surface area contributed by atoms with Gasteiger partial charge in [0.1, 0.15) is 0 Å². The van der Waals surface area contributed by atoms with E-state index < -0.39 is 0 Å². The Morgan fingerprint density at radius 2 is 2.16 bits per heavy atom. The Bertz CT molecular complexity index is 409. The normalized spacial score (nSPS) is 17.5. The van der Waals surface area contributed by atoms with Gasteiger partial charge in [0.2, 0.25) is 5.91 Å². The zero-order valence-electron chi connectivity index (χ0n) is 11.7. The number of carbonyl (C=O) groups excluding carboxylic acids is 1. The van der Waals surface area contributed by atoms with E-state index >= 15 is 0 Å². The van der Waals surface area contributed by atoms with Crippen molar-refractivity contribution in [2.75, 3.05) is 19.6 Å². The standard InChI is InChI=1S/C14H24N4O/c1-2-18-13(6-7-16-18)10-12(11-15)14(19)17-8-4-3-5-9-17/h6-7,12H,2-5,8-11,15H2,1H3. The number of carbonyl (C=O) groups is 1. The van der Waals surface area contributed by atoms with Gasteiger partial charge in [0.25, 0.3) is 0 Å². The molecule has 2 heterocycles. The molecular formula is C14H24N4O. The molecule has 1 amide bonds. The van der Waals surface area contributed by atoms with E-state index in [0.29, 0.717) is 13.0 Å². The first-order chi connectivity index (χ1) is 9.26. The van der Waals surface area contributed by atoms with Gasteiger partial charge in [-0.3, -0.25) is 9.48 Å². The molecule has 5 heteroatoms. The van der Waals surface area contributed by atoms with Crippen LogP contribution < -0.4 is 5.73 Å². The van der Waals surface area contributed by atoms with Crippen molar-refractivity contribution >= 4 is 5.91 Å². The zero-order chi connectivity index (χ0) is 13.7. The number of likely N-dealkylation sites (tertiary alicyclic amines) is 1. The summed E-state index contributed by atoms with van der Waals surface area (Å²) < 4.78 is 1.94. The maximum atomic E-state index is 12.5. The second kappa shape index (κ2) is 6.70. The van der Waals surface area contributed by atoms with Crippen molar-refractivity contribution in [3.63, 3.8) is 0 Å². The predicted molar refractivity (Wildman–Crippen MR) is 74.6 cm³/mol. The van der Waals surface area contributed by atoms with Crippen LogP contribution in [0.1, 0.15) is 31.9 Å².